The van der Waals surface area contributed by atoms with Crippen LogP contribution in [0.25, 0.3) is 16.9 Å². The maximum Gasteiger partial charge on any atom is 0.292 e. The van der Waals surface area contributed by atoms with Crippen molar-refractivity contribution in [3.63, 3.8) is 0 Å². The number of ether oxygens (including phenoxy) is 1. The summed E-state index contributed by atoms with van der Waals surface area (Å²) >= 11 is 0. The summed E-state index contributed by atoms with van der Waals surface area (Å²) in [5, 5.41) is 20.3. The van der Waals surface area contributed by atoms with E-state index in [1.54, 1.807) is 49.6 Å². The van der Waals surface area contributed by atoms with Crippen LogP contribution in [0.15, 0.2) is 47.4 Å². The van der Waals surface area contributed by atoms with Gasteiger partial charge in [-0.05, 0) is 36.8 Å². The van der Waals surface area contributed by atoms with E-state index < -0.39 is 0 Å². The van der Waals surface area contributed by atoms with Crippen LogP contribution in [0.4, 0.5) is 0 Å². The molecule has 2 aromatic heterocycles. The fourth-order valence-electron chi connectivity index (χ4n) is 2.38. The molecule has 3 aromatic rings. The second-order valence-electron chi connectivity index (χ2n) is 4.99. The number of rotatable bonds is 3. The minimum atomic E-state index is -0.251. The molecule has 0 saturated heterocycles. The largest absolute Gasteiger partial charge is 0.386 e. The van der Waals surface area contributed by atoms with E-state index in [0.717, 1.165) is 5.56 Å². The lowest BCUT2D eigenvalue weighted by atomic mass is 10.1. The zero-order chi connectivity index (χ0) is 17.1. The van der Waals surface area contributed by atoms with Crippen molar-refractivity contribution < 1.29 is 4.74 Å². The van der Waals surface area contributed by atoms with Crippen LogP contribution in [-0.2, 0) is 0 Å². The van der Waals surface area contributed by atoms with Crippen molar-refractivity contribution in [1.82, 2.24) is 14.8 Å². The van der Waals surface area contributed by atoms with Gasteiger partial charge in [0.15, 0.2) is 11.6 Å². The molecule has 1 N–H and O–H groups in total. The van der Waals surface area contributed by atoms with Crippen LogP contribution < -0.4 is 10.3 Å². The minimum Gasteiger partial charge on any atom is -0.386 e. The molecule has 0 atom stereocenters. The summed E-state index contributed by atoms with van der Waals surface area (Å²) in [5.41, 5.74) is 2.19. The van der Waals surface area contributed by atoms with E-state index in [1.165, 1.54) is 10.9 Å². The zero-order valence-electron chi connectivity index (χ0n) is 12.6. The van der Waals surface area contributed by atoms with Gasteiger partial charge in [-0.3, -0.25) is 9.89 Å². The highest BCUT2D eigenvalue weighted by Gasteiger charge is 2.15. The van der Waals surface area contributed by atoms with Crippen LogP contribution in [-0.4, -0.2) is 14.8 Å². The molecule has 3 rings (SSSR count). The van der Waals surface area contributed by atoms with Crippen molar-refractivity contribution >= 4 is 0 Å². The van der Waals surface area contributed by atoms with Gasteiger partial charge < -0.3 is 4.74 Å². The molecule has 0 fully saturated rings. The van der Waals surface area contributed by atoms with E-state index in [2.05, 4.69) is 14.8 Å². The van der Waals surface area contributed by atoms with Gasteiger partial charge in [0.1, 0.15) is 0 Å². The SMILES string of the molecule is Cc1[nH]n(-c2ccc(OC#N)cn2)c(=O)c1-c1ccc(C#N)cc1. The number of hydrogen-bond donors (Lipinski definition) is 1. The maximum atomic E-state index is 12.7. The van der Waals surface area contributed by atoms with Crippen LogP contribution in [0.3, 0.4) is 0 Å². The summed E-state index contributed by atoms with van der Waals surface area (Å²) in [5.74, 6) is 0.679. The van der Waals surface area contributed by atoms with Crippen molar-refractivity contribution in [3.05, 3.63) is 64.2 Å². The maximum absolute atomic E-state index is 12.7. The number of aryl methyl sites for hydroxylation is 1. The van der Waals surface area contributed by atoms with E-state index >= 15 is 0 Å². The number of nitrogens with one attached hydrogen (secondary N) is 1. The predicted molar refractivity (Wildman–Crippen MR) is 85.3 cm³/mol. The molecule has 2 heterocycles. The van der Waals surface area contributed by atoms with Gasteiger partial charge in [0, 0.05) is 5.69 Å². The standard InChI is InChI=1S/C17H11N5O2/c1-11-16(13-4-2-12(8-18)3-5-13)17(23)22(21-11)15-7-6-14(9-20-15)24-10-19/h2-7,9,21H,1H3. The van der Waals surface area contributed by atoms with Gasteiger partial charge in [0.05, 0.1) is 23.4 Å². The monoisotopic (exact) mass is 317 g/mol. The Bertz CT molecular complexity index is 1020. The molecule has 0 saturated carbocycles. The summed E-state index contributed by atoms with van der Waals surface area (Å²) in [4.78, 5) is 16.8. The Morgan fingerprint density at radius 3 is 2.50 bits per heavy atom. The fourth-order valence-corrected chi connectivity index (χ4v) is 2.38. The van der Waals surface area contributed by atoms with Crippen LogP contribution in [0, 0.1) is 29.8 Å². The smallest absolute Gasteiger partial charge is 0.292 e. The van der Waals surface area contributed by atoms with Gasteiger partial charge in [-0.1, -0.05) is 12.1 Å². The lowest BCUT2D eigenvalue weighted by Gasteiger charge is -2.01. The lowest BCUT2D eigenvalue weighted by molar-refractivity contribution is 0.504. The van der Waals surface area contributed by atoms with Crippen LogP contribution in [0.2, 0.25) is 0 Å². The quantitative estimate of drug-likeness (QED) is 0.745. The molecule has 0 bridgehead atoms. The van der Waals surface area contributed by atoms with Gasteiger partial charge in [-0.25, -0.2) is 9.67 Å². The van der Waals surface area contributed by atoms with Gasteiger partial charge in [-0.2, -0.15) is 5.26 Å². The average molecular weight is 317 g/mol. The molecule has 1 aromatic carbocycles. The Balaban J connectivity index is 2.04. The van der Waals surface area contributed by atoms with Crippen molar-refractivity contribution in [3.8, 4) is 35.0 Å². The van der Waals surface area contributed by atoms with E-state index in [4.69, 9.17) is 10.5 Å². The normalized spacial score (nSPS) is 9.96. The Morgan fingerprint density at radius 1 is 1.17 bits per heavy atom. The van der Waals surface area contributed by atoms with Crippen LogP contribution in [0.5, 0.6) is 5.75 Å². The average Bonchev–Trinajstić information content (AvgIpc) is 2.90. The van der Waals surface area contributed by atoms with Crippen molar-refractivity contribution in [1.29, 1.82) is 10.5 Å². The number of nitrogens with zero attached hydrogens (tertiary/aromatic N) is 4. The molecule has 7 heteroatoms. The molecule has 7 nitrogen and oxygen atoms in total. The molecule has 0 aliphatic heterocycles. The van der Waals surface area contributed by atoms with E-state index in [0.29, 0.717) is 28.4 Å². The third-order valence-corrected chi connectivity index (χ3v) is 3.49. The third kappa shape index (κ3) is 2.62. The summed E-state index contributed by atoms with van der Waals surface area (Å²) in [6.45, 7) is 1.79. The topological polar surface area (TPSA) is 107 Å². The Hall–Kier alpha value is -3.84. The highest BCUT2D eigenvalue weighted by molar-refractivity contribution is 5.66. The number of pyridine rings is 1. The molecule has 116 valence electrons. The van der Waals surface area contributed by atoms with Gasteiger partial charge in [-0.15, -0.1) is 5.26 Å². The molecule has 0 radical (unpaired) electrons. The van der Waals surface area contributed by atoms with Crippen LogP contribution in [0.1, 0.15) is 11.3 Å². The first-order valence-corrected chi connectivity index (χ1v) is 6.98. The lowest BCUT2D eigenvalue weighted by Crippen LogP contribution is -2.16. The van der Waals surface area contributed by atoms with Crippen molar-refractivity contribution in [2.24, 2.45) is 0 Å². The highest BCUT2D eigenvalue weighted by Crippen LogP contribution is 2.20. The first kappa shape index (κ1) is 15.1. The Morgan fingerprint density at radius 2 is 1.92 bits per heavy atom. The number of H-pyrrole nitrogens is 1. The first-order chi connectivity index (χ1) is 11.6. The van der Waals surface area contributed by atoms with E-state index in [1.807, 2.05) is 6.07 Å². The molecule has 0 unspecified atom stereocenters. The number of hydrogen-bond acceptors (Lipinski definition) is 5. The number of benzene rings is 1. The second kappa shape index (κ2) is 6.11. The number of aromatic amines is 1. The number of aromatic nitrogens is 3. The molecule has 0 amide bonds. The molecule has 0 spiro atoms. The van der Waals surface area contributed by atoms with Crippen molar-refractivity contribution in [2.75, 3.05) is 0 Å². The zero-order valence-corrected chi connectivity index (χ0v) is 12.6. The molecular weight excluding hydrogens is 306 g/mol. The summed E-state index contributed by atoms with van der Waals surface area (Å²) in [6.07, 6.45) is 2.92. The number of nitriles is 2. The van der Waals surface area contributed by atoms with Crippen LogP contribution >= 0.6 is 0 Å². The summed E-state index contributed by atoms with van der Waals surface area (Å²) < 4.78 is 5.98. The third-order valence-electron chi connectivity index (χ3n) is 3.49. The van der Waals surface area contributed by atoms with Gasteiger partial charge in [0.25, 0.3) is 11.8 Å². The molecule has 0 aliphatic carbocycles. The van der Waals surface area contributed by atoms with Gasteiger partial charge >= 0.3 is 0 Å². The first-order valence-electron chi connectivity index (χ1n) is 6.98. The minimum absolute atomic E-state index is 0.251. The second-order valence-corrected chi connectivity index (χ2v) is 4.99. The highest BCUT2D eigenvalue weighted by atomic mass is 16.5. The molecular formula is C17H11N5O2. The van der Waals surface area contributed by atoms with Gasteiger partial charge in [0.2, 0.25) is 0 Å². The summed E-state index contributed by atoms with van der Waals surface area (Å²) in [6, 6.07) is 12.0. The Labute approximate surface area is 137 Å². The fraction of sp³-hybridized carbons (Fsp3) is 0.0588. The molecule has 0 aliphatic rings. The predicted octanol–water partition coefficient (Wildman–Crippen LogP) is 2.27. The summed E-state index contributed by atoms with van der Waals surface area (Å²) in [7, 11) is 0. The molecule has 24 heavy (non-hydrogen) atoms. The Kier molecular flexibility index (Phi) is 3.84. The van der Waals surface area contributed by atoms with E-state index in [9.17, 15) is 4.79 Å². The van der Waals surface area contributed by atoms with Crippen molar-refractivity contribution in [2.45, 2.75) is 6.92 Å². The van der Waals surface area contributed by atoms with E-state index in [-0.39, 0.29) is 5.56 Å².